The fourth-order valence-electron chi connectivity index (χ4n) is 6.51. The van der Waals surface area contributed by atoms with Crippen molar-refractivity contribution in [3.63, 3.8) is 0 Å². The van der Waals surface area contributed by atoms with Crippen molar-refractivity contribution in [3.8, 4) is 37.7 Å². The van der Waals surface area contributed by atoms with E-state index < -0.39 is 0 Å². The summed E-state index contributed by atoms with van der Waals surface area (Å²) in [5.41, 5.74) is 13.1. The lowest BCUT2D eigenvalue weighted by Crippen LogP contribution is -1.93. The summed E-state index contributed by atoms with van der Waals surface area (Å²) in [7, 11) is 0. The first-order chi connectivity index (χ1) is 22.4. The molecule has 0 aliphatic carbocycles. The Labute approximate surface area is 280 Å². The minimum atomic E-state index is 1.22. The van der Waals surface area contributed by atoms with E-state index in [4.69, 9.17) is 0 Å². The zero-order chi connectivity index (χ0) is 31.8. The van der Waals surface area contributed by atoms with Gasteiger partial charge < -0.3 is 4.57 Å². The molecule has 0 unspecified atom stereocenters. The van der Waals surface area contributed by atoms with Crippen molar-refractivity contribution < 1.29 is 0 Å². The molecule has 0 aliphatic rings. The first-order valence-electron chi connectivity index (χ1n) is 15.8. The van der Waals surface area contributed by atoms with Gasteiger partial charge in [-0.15, -0.1) is 22.7 Å². The van der Waals surface area contributed by atoms with Gasteiger partial charge in [-0.1, -0.05) is 84.9 Å². The number of rotatable bonds is 4. The number of nitrogens with zero attached hydrogens (tertiary/aromatic N) is 1. The maximum absolute atomic E-state index is 2.39. The highest BCUT2D eigenvalue weighted by atomic mass is 32.1. The normalized spacial score (nSPS) is 11.2. The van der Waals surface area contributed by atoms with E-state index in [-0.39, 0.29) is 0 Å². The van der Waals surface area contributed by atoms with Crippen LogP contribution in [0.3, 0.4) is 0 Å². The number of hydrogen-bond acceptors (Lipinski definition) is 2. The Morgan fingerprint density at radius 3 is 1.76 bits per heavy atom. The quantitative estimate of drug-likeness (QED) is 0.182. The van der Waals surface area contributed by atoms with Crippen molar-refractivity contribution in [2.45, 2.75) is 34.6 Å². The molecule has 8 rings (SSSR count). The van der Waals surface area contributed by atoms with Crippen LogP contribution in [-0.4, -0.2) is 4.57 Å². The summed E-state index contributed by atoms with van der Waals surface area (Å²) in [6.45, 7) is 10.9. The van der Waals surface area contributed by atoms with Gasteiger partial charge in [0.2, 0.25) is 0 Å². The van der Waals surface area contributed by atoms with E-state index in [1.807, 2.05) is 22.7 Å². The first-order valence-corrected chi connectivity index (χ1v) is 17.4. The van der Waals surface area contributed by atoms with E-state index in [9.17, 15) is 0 Å². The highest BCUT2D eigenvalue weighted by Crippen LogP contribution is 2.41. The zero-order valence-electron chi connectivity index (χ0n) is 27.0. The molecule has 0 saturated carbocycles. The monoisotopic (exact) mass is 631 g/mol. The lowest BCUT2D eigenvalue weighted by Gasteiger charge is -2.14. The first kappa shape index (κ1) is 30.0. The summed E-state index contributed by atoms with van der Waals surface area (Å²) in [6, 6.07) is 48.2. The Morgan fingerprint density at radius 2 is 1.04 bits per heavy atom. The summed E-state index contributed by atoms with van der Waals surface area (Å²) in [6.07, 6.45) is 0. The highest BCUT2D eigenvalue weighted by molar-refractivity contribution is 7.15. The van der Waals surface area contributed by atoms with Gasteiger partial charge in [-0.2, -0.15) is 0 Å². The molecule has 0 saturated heterocycles. The lowest BCUT2D eigenvalue weighted by atomic mass is 9.91. The molecule has 0 aliphatic heterocycles. The van der Waals surface area contributed by atoms with Crippen LogP contribution in [0.4, 0.5) is 0 Å². The molecule has 0 atom stereocenters. The van der Waals surface area contributed by atoms with Crippen LogP contribution in [0.2, 0.25) is 0 Å². The third-order valence-corrected chi connectivity index (χ3v) is 10.7. The van der Waals surface area contributed by atoms with E-state index in [0.29, 0.717) is 0 Å². The molecule has 1 nitrogen and oxygen atoms in total. The highest BCUT2D eigenvalue weighted by Gasteiger charge is 2.17. The maximum atomic E-state index is 2.39. The Balaban J connectivity index is 0.000000152. The van der Waals surface area contributed by atoms with Crippen molar-refractivity contribution in [2.24, 2.45) is 0 Å². The molecule has 0 amide bonds. The Hall–Kier alpha value is -4.70. The van der Waals surface area contributed by atoms with Crippen LogP contribution >= 0.6 is 22.7 Å². The smallest absolute Gasteiger partial charge is 0.0547 e. The summed E-state index contributed by atoms with van der Waals surface area (Å²) in [5, 5.41) is 2.65. The molecular weight excluding hydrogens is 595 g/mol. The van der Waals surface area contributed by atoms with E-state index in [2.05, 4.69) is 173 Å². The van der Waals surface area contributed by atoms with Crippen molar-refractivity contribution in [1.29, 1.82) is 0 Å². The number of para-hydroxylation sites is 1. The van der Waals surface area contributed by atoms with Crippen molar-refractivity contribution in [3.05, 3.63) is 160 Å². The maximum Gasteiger partial charge on any atom is 0.0547 e. The van der Waals surface area contributed by atoms with Gasteiger partial charge in [0.25, 0.3) is 0 Å². The number of fused-ring (bicyclic) bond motifs is 3. The summed E-state index contributed by atoms with van der Waals surface area (Å²) in [4.78, 5) is 5.39. The van der Waals surface area contributed by atoms with Gasteiger partial charge >= 0.3 is 0 Å². The second-order valence-electron chi connectivity index (χ2n) is 12.0. The molecule has 3 heterocycles. The SMILES string of the molecule is Cc1ccc(-c2cccc(C)c2-c2ccccc2C)s1.Cc1cccc(-n2c3ccccc3c3c(-c4ccc(C)s4)cccc32)c1. The average molecular weight is 632 g/mol. The van der Waals surface area contributed by atoms with Crippen LogP contribution in [0.25, 0.3) is 59.5 Å². The standard InChI is InChI=1S/C24H19NS.C19H18S/c1-16-7-5-8-18(15-16)25-21-11-4-3-9-19(21)24-20(10-6-12-22(24)25)23-14-13-17(2)26-23;1-13-7-4-5-9-16(13)19-14(2)8-6-10-17(19)18-12-11-15(3)20-18/h3-15H,1-2H3;4-12H,1-3H3. The lowest BCUT2D eigenvalue weighted by molar-refractivity contribution is 1.17. The molecular formula is C43H37NS2. The molecule has 0 fully saturated rings. The number of hydrogen-bond donors (Lipinski definition) is 0. The molecule has 0 radical (unpaired) electrons. The molecule has 3 heteroatoms. The van der Waals surface area contributed by atoms with E-state index >= 15 is 0 Å². The van der Waals surface area contributed by atoms with Gasteiger partial charge in [0.05, 0.1) is 11.0 Å². The van der Waals surface area contributed by atoms with Crippen LogP contribution in [0, 0.1) is 34.6 Å². The predicted octanol–water partition coefficient (Wildman–Crippen LogP) is 13.1. The molecule has 0 N–H and O–H groups in total. The van der Waals surface area contributed by atoms with Gasteiger partial charge in [-0.05, 0) is 117 Å². The van der Waals surface area contributed by atoms with Gasteiger partial charge in [0.15, 0.2) is 0 Å². The zero-order valence-corrected chi connectivity index (χ0v) is 28.6. The molecule has 226 valence electrons. The van der Waals surface area contributed by atoms with E-state index in [1.165, 1.54) is 85.9 Å². The van der Waals surface area contributed by atoms with Crippen molar-refractivity contribution >= 4 is 44.5 Å². The van der Waals surface area contributed by atoms with Crippen LogP contribution in [0.15, 0.2) is 133 Å². The number of thiophene rings is 2. The number of benzene rings is 5. The summed E-state index contributed by atoms with van der Waals surface area (Å²) < 4.78 is 2.39. The topological polar surface area (TPSA) is 4.93 Å². The Kier molecular flexibility index (Phi) is 8.21. The van der Waals surface area contributed by atoms with Gasteiger partial charge in [-0.3, -0.25) is 0 Å². The van der Waals surface area contributed by atoms with Crippen LogP contribution < -0.4 is 0 Å². The van der Waals surface area contributed by atoms with Gasteiger partial charge in [0.1, 0.15) is 0 Å². The van der Waals surface area contributed by atoms with E-state index in [0.717, 1.165) is 0 Å². The minimum Gasteiger partial charge on any atom is -0.309 e. The van der Waals surface area contributed by atoms with E-state index in [1.54, 1.807) is 0 Å². The summed E-state index contributed by atoms with van der Waals surface area (Å²) in [5.74, 6) is 0. The average Bonchev–Trinajstić information content (AvgIpc) is 3.78. The van der Waals surface area contributed by atoms with Crippen LogP contribution in [0.5, 0.6) is 0 Å². The largest absolute Gasteiger partial charge is 0.309 e. The molecule has 5 aromatic carbocycles. The number of aromatic nitrogens is 1. The summed E-state index contributed by atoms with van der Waals surface area (Å²) >= 11 is 3.73. The molecule has 3 aromatic heterocycles. The van der Waals surface area contributed by atoms with Crippen molar-refractivity contribution in [2.75, 3.05) is 0 Å². The van der Waals surface area contributed by atoms with Gasteiger partial charge in [-0.25, -0.2) is 0 Å². The molecule has 46 heavy (non-hydrogen) atoms. The van der Waals surface area contributed by atoms with Crippen molar-refractivity contribution in [1.82, 2.24) is 4.57 Å². The van der Waals surface area contributed by atoms with Gasteiger partial charge in [0, 0.05) is 41.5 Å². The Bertz CT molecular complexity index is 2330. The predicted molar refractivity (Wildman–Crippen MR) is 203 cm³/mol. The number of aryl methyl sites for hydroxylation is 5. The second kappa shape index (κ2) is 12.6. The second-order valence-corrected chi connectivity index (χ2v) is 14.6. The van der Waals surface area contributed by atoms with Crippen LogP contribution in [0.1, 0.15) is 26.4 Å². The molecule has 0 bridgehead atoms. The Morgan fingerprint density at radius 1 is 0.457 bits per heavy atom. The third kappa shape index (κ3) is 5.62. The minimum absolute atomic E-state index is 1.22. The molecule has 8 aromatic rings. The fraction of sp³-hybridized carbons (Fsp3) is 0.116. The fourth-order valence-corrected chi connectivity index (χ4v) is 8.31. The van der Waals surface area contributed by atoms with Crippen LogP contribution in [-0.2, 0) is 0 Å². The third-order valence-electron chi connectivity index (χ3n) is 8.66. The molecule has 0 spiro atoms.